The van der Waals surface area contributed by atoms with E-state index in [1.807, 2.05) is 6.07 Å². The van der Waals surface area contributed by atoms with Gasteiger partial charge in [-0.1, -0.05) is 44.2 Å². The summed E-state index contributed by atoms with van der Waals surface area (Å²) in [5, 5.41) is 0. The fourth-order valence-corrected chi connectivity index (χ4v) is 2.31. The predicted octanol–water partition coefficient (Wildman–Crippen LogP) is 2.91. The smallest absolute Gasteiger partial charge is 0.0442 e. The minimum absolute atomic E-state index is 0.00840. The third-order valence-corrected chi connectivity index (χ3v) is 3.22. The maximum Gasteiger partial charge on any atom is 0.0442 e. The second kappa shape index (κ2) is 3.39. The molecule has 1 nitrogen and oxygen atoms in total. The maximum atomic E-state index is 6.36. The van der Waals surface area contributed by atoms with E-state index in [0.29, 0.717) is 5.92 Å². The number of hydrogen-bond acceptors (Lipinski definition) is 1. The average molecular weight is 189 g/mol. The summed E-state index contributed by atoms with van der Waals surface area (Å²) in [7, 11) is 0. The number of benzene rings is 1. The Morgan fingerprint density at radius 1 is 1.36 bits per heavy atom. The van der Waals surface area contributed by atoms with Crippen molar-refractivity contribution < 1.29 is 0 Å². The van der Waals surface area contributed by atoms with E-state index in [4.69, 9.17) is 5.73 Å². The van der Waals surface area contributed by atoms with E-state index in [0.717, 1.165) is 12.3 Å². The molecule has 1 heteroatoms. The minimum Gasteiger partial charge on any atom is -0.321 e. The van der Waals surface area contributed by atoms with E-state index < -0.39 is 0 Å². The fraction of sp³-hybridized carbons (Fsp3) is 0.538. The molecule has 14 heavy (non-hydrogen) atoms. The molecule has 2 unspecified atom stereocenters. The largest absolute Gasteiger partial charge is 0.321 e. The molecule has 1 fully saturated rings. The zero-order valence-corrected chi connectivity index (χ0v) is 9.03. The van der Waals surface area contributed by atoms with Crippen molar-refractivity contribution >= 4 is 0 Å². The van der Waals surface area contributed by atoms with Crippen LogP contribution >= 0.6 is 0 Å². The lowest BCUT2D eigenvalue weighted by molar-refractivity contribution is 0.491. The van der Waals surface area contributed by atoms with Gasteiger partial charge in [0.05, 0.1) is 0 Å². The Hall–Kier alpha value is -0.820. The number of hydrogen-bond donors (Lipinski definition) is 1. The first-order valence-electron chi connectivity index (χ1n) is 5.47. The van der Waals surface area contributed by atoms with Crippen molar-refractivity contribution in [2.24, 2.45) is 17.6 Å². The molecule has 0 heterocycles. The normalized spacial score (nSPS) is 30.7. The Balaban J connectivity index is 2.07. The summed E-state index contributed by atoms with van der Waals surface area (Å²) in [4.78, 5) is 0. The highest BCUT2D eigenvalue weighted by Crippen LogP contribution is 2.52. The molecule has 0 aromatic heterocycles. The Kier molecular flexibility index (Phi) is 2.36. The molecular weight excluding hydrogens is 170 g/mol. The third-order valence-electron chi connectivity index (χ3n) is 3.22. The van der Waals surface area contributed by atoms with Gasteiger partial charge in [-0.25, -0.2) is 0 Å². The van der Waals surface area contributed by atoms with Crippen LogP contribution in [0.2, 0.25) is 0 Å². The number of nitrogens with two attached hydrogens (primary N) is 1. The molecule has 1 aromatic rings. The quantitative estimate of drug-likeness (QED) is 0.777. The Morgan fingerprint density at radius 2 is 2.00 bits per heavy atom. The first-order valence-corrected chi connectivity index (χ1v) is 5.47. The molecule has 1 aliphatic carbocycles. The zero-order valence-electron chi connectivity index (χ0n) is 9.03. The fourth-order valence-electron chi connectivity index (χ4n) is 2.31. The van der Waals surface area contributed by atoms with E-state index in [9.17, 15) is 0 Å². The summed E-state index contributed by atoms with van der Waals surface area (Å²) in [5.41, 5.74) is 7.66. The van der Waals surface area contributed by atoms with Crippen molar-refractivity contribution in [1.29, 1.82) is 0 Å². The molecule has 1 saturated carbocycles. The van der Waals surface area contributed by atoms with Gasteiger partial charge >= 0.3 is 0 Å². The Bertz CT molecular complexity index is 304. The van der Waals surface area contributed by atoms with Gasteiger partial charge in [-0.05, 0) is 30.2 Å². The topological polar surface area (TPSA) is 26.0 Å². The van der Waals surface area contributed by atoms with Gasteiger partial charge in [0, 0.05) is 5.54 Å². The van der Waals surface area contributed by atoms with Gasteiger partial charge in [0.25, 0.3) is 0 Å². The molecule has 0 saturated heterocycles. The molecule has 0 bridgehead atoms. The van der Waals surface area contributed by atoms with E-state index in [1.165, 1.54) is 12.0 Å². The van der Waals surface area contributed by atoms with Crippen molar-refractivity contribution in [1.82, 2.24) is 0 Å². The van der Waals surface area contributed by atoms with Crippen LogP contribution in [0.25, 0.3) is 0 Å². The summed E-state index contributed by atoms with van der Waals surface area (Å²) in [6, 6.07) is 10.5. The molecule has 1 aliphatic rings. The van der Waals surface area contributed by atoms with Crippen molar-refractivity contribution in [2.75, 3.05) is 0 Å². The van der Waals surface area contributed by atoms with Crippen molar-refractivity contribution in [3.63, 3.8) is 0 Å². The van der Waals surface area contributed by atoms with E-state index in [-0.39, 0.29) is 5.54 Å². The van der Waals surface area contributed by atoms with Gasteiger partial charge in [0.15, 0.2) is 0 Å². The summed E-state index contributed by atoms with van der Waals surface area (Å²) < 4.78 is 0. The third kappa shape index (κ3) is 1.69. The molecule has 0 spiro atoms. The molecule has 1 aromatic carbocycles. The summed E-state index contributed by atoms with van der Waals surface area (Å²) >= 11 is 0. The molecule has 0 amide bonds. The van der Waals surface area contributed by atoms with Crippen LogP contribution in [0.1, 0.15) is 32.3 Å². The number of rotatable bonds is 3. The molecule has 2 rings (SSSR count). The standard InChI is InChI=1S/C13H19N/c1-10(2)8-12-9-13(12,14)11-6-4-3-5-7-11/h3-7,10,12H,8-9,14H2,1-2H3. The van der Waals surface area contributed by atoms with Gasteiger partial charge in [-0.2, -0.15) is 0 Å². The lowest BCUT2D eigenvalue weighted by Gasteiger charge is -2.13. The molecule has 0 aliphatic heterocycles. The van der Waals surface area contributed by atoms with Crippen LogP contribution < -0.4 is 5.73 Å². The lowest BCUT2D eigenvalue weighted by atomic mass is 9.98. The second-order valence-electron chi connectivity index (χ2n) is 4.94. The van der Waals surface area contributed by atoms with Gasteiger partial charge in [-0.3, -0.25) is 0 Å². The summed E-state index contributed by atoms with van der Waals surface area (Å²) in [6.07, 6.45) is 2.42. The molecule has 2 N–H and O–H groups in total. The van der Waals surface area contributed by atoms with Crippen molar-refractivity contribution in [2.45, 2.75) is 32.2 Å². The second-order valence-corrected chi connectivity index (χ2v) is 4.94. The van der Waals surface area contributed by atoms with Crippen LogP contribution in [0, 0.1) is 11.8 Å². The van der Waals surface area contributed by atoms with Gasteiger partial charge in [0.2, 0.25) is 0 Å². The molecule has 2 atom stereocenters. The molecule has 76 valence electrons. The minimum atomic E-state index is -0.00840. The average Bonchev–Trinajstić information content (AvgIpc) is 2.79. The van der Waals surface area contributed by atoms with E-state index in [2.05, 4.69) is 38.1 Å². The SMILES string of the molecule is CC(C)CC1CC1(N)c1ccccc1. The van der Waals surface area contributed by atoms with Crippen molar-refractivity contribution in [3.05, 3.63) is 35.9 Å². The molecule has 0 radical (unpaired) electrons. The van der Waals surface area contributed by atoms with Crippen LogP contribution in [0.4, 0.5) is 0 Å². The van der Waals surface area contributed by atoms with Crippen LogP contribution in [0.3, 0.4) is 0 Å². The van der Waals surface area contributed by atoms with Gasteiger partial charge in [-0.15, -0.1) is 0 Å². The highest BCUT2D eigenvalue weighted by molar-refractivity contribution is 5.31. The van der Waals surface area contributed by atoms with Crippen LogP contribution in [0.15, 0.2) is 30.3 Å². The monoisotopic (exact) mass is 189 g/mol. The Morgan fingerprint density at radius 3 is 2.57 bits per heavy atom. The van der Waals surface area contributed by atoms with Crippen LogP contribution in [-0.2, 0) is 5.54 Å². The zero-order chi connectivity index (χ0) is 10.2. The lowest BCUT2D eigenvalue weighted by Crippen LogP contribution is -2.22. The van der Waals surface area contributed by atoms with Crippen LogP contribution in [0.5, 0.6) is 0 Å². The van der Waals surface area contributed by atoms with E-state index >= 15 is 0 Å². The summed E-state index contributed by atoms with van der Waals surface area (Å²) in [6.45, 7) is 4.54. The van der Waals surface area contributed by atoms with Crippen molar-refractivity contribution in [3.8, 4) is 0 Å². The predicted molar refractivity (Wildman–Crippen MR) is 59.9 cm³/mol. The highest BCUT2D eigenvalue weighted by Gasteiger charge is 2.51. The Labute approximate surface area is 86.3 Å². The molecular formula is C13H19N. The first-order chi connectivity index (χ1) is 6.63. The summed E-state index contributed by atoms with van der Waals surface area (Å²) in [5.74, 6) is 1.46. The van der Waals surface area contributed by atoms with E-state index in [1.54, 1.807) is 0 Å². The first kappa shape index (κ1) is 9.72. The highest BCUT2D eigenvalue weighted by atomic mass is 14.9. The van der Waals surface area contributed by atoms with Gasteiger partial charge in [0.1, 0.15) is 0 Å². The maximum absolute atomic E-state index is 6.36. The van der Waals surface area contributed by atoms with Gasteiger partial charge < -0.3 is 5.73 Å². The van der Waals surface area contributed by atoms with Crippen LogP contribution in [-0.4, -0.2) is 0 Å².